The molecule has 4 heterocycles. The zero-order valence-corrected chi connectivity index (χ0v) is 20.8. The van der Waals surface area contributed by atoms with Crippen LogP contribution in [0, 0.1) is 17.7 Å². The minimum absolute atomic E-state index is 0.104. The van der Waals surface area contributed by atoms with Crippen LogP contribution in [0.5, 0.6) is 0 Å². The molecule has 3 atom stereocenters. The third-order valence-electron chi connectivity index (χ3n) is 7.80. The Balaban J connectivity index is 1.43. The molecule has 2 saturated heterocycles. The molecular formula is C25H29ClFN3O3S. The molecule has 6 nitrogen and oxygen atoms in total. The van der Waals surface area contributed by atoms with Crippen molar-refractivity contribution in [3.05, 3.63) is 53.1 Å². The van der Waals surface area contributed by atoms with Crippen molar-refractivity contribution in [3.63, 3.8) is 0 Å². The molecule has 0 bridgehead atoms. The van der Waals surface area contributed by atoms with E-state index in [0.29, 0.717) is 53.1 Å². The number of piperidine rings is 1. The number of aliphatic hydroxyl groups is 1. The van der Waals surface area contributed by atoms with Gasteiger partial charge in [-0.2, -0.15) is 0 Å². The number of fused-ring (bicyclic) bond motifs is 1. The van der Waals surface area contributed by atoms with Crippen molar-refractivity contribution >= 4 is 32.5 Å². The molecule has 0 spiro atoms. The highest BCUT2D eigenvalue weighted by molar-refractivity contribution is 7.91. The van der Waals surface area contributed by atoms with Crippen molar-refractivity contribution < 1.29 is 17.9 Å². The quantitative estimate of drug-likeness (QED) is 0.552. The lowest BCUT2D eigenvalue weighted by Crippen LogP contribution is -2.57. The molecule has 3 aromatic rings. The molecule has 9 heteroatoms. The molecule has 0 saturated carbocycles. The monoisotopic (exact) mass is 505 g/mol. The van der Waals surface area contributed by atoms with Crippen molar-refractivity contribution in [3.8, 4) is 11.1 Å². The van der Waals surface area contributed by atoms with Gasteiger partial charge in [-0.1, -0.05) is 37.6 Å². The van der Waals surface area contributed by atoms with Crippen LogP contribution < -0.4 is 0 Å². The van der Waals surface area contributed by atoms with E-state index in [0.717, 1.165) is 5.56 Å². The van der Waals surface area contributed by atoms with Crippen LogP contribution in [0.4, 0.5) is 4.39 Å². The van der Waals surface area contributed by atoms with Crippen LogP contribution >= 0.6 is 11.6 Å². The molecule has 0 aliphatic carbocycles. The molecule has 1 aromatic carbocycles. The van der Waals surface area contributed by atoms with E-state index in [1.807, 2.05) is 26.0 Å². The number of nitrogens with one attached hydrogen (secondary N) is 1. The molecule has 0 radical (unpaired) electrons. The summed E-state index contributed by atoms with van der Waals surface area (Å²) in [5.74, 6) is -0.111. The van der Waals surface area contributed by atoms with Crippen LogP contribution in [0.1, 0.15) is 32.3 Å². The van der Waals surface area contributed by atoms with Crippen LogP contribution in [0.2, 0.25) is 5.02 Å². The number of sulfone groups is 1. The average molecular weight is 506 g/mol. The predicted molar refractivity (Wildman–Crippen MR) is 132 cm³/mol. The van der Waals surface area contributed by atoms with E-state index in [2.05, 4.69) is 14.9 Å². The Labute approximate surface area is 204 Å². The second kappa shape index (κ2) is 8.59. The first-order valence-electron chi connectivity index (χ1n) is 11.7. The van der Waals surface area contributed by atoms with E-state index in [4.69, 9.17) is 11.6 Å². The Morgan fingerprint density at radius 2 is 1.85 bits per heavy atom. The number of hydrogen-bond acceptors (Lipinski definition) is 5. The zero-order chi connectivity index (χ0) is 24.3. The van der Waals surface area contributed by atoms with E-state index >= 15 is 0 Å². The van der Waals surface area contributed by atoms with Gasteiger partial charge in [0.2, 0.25) is 0 Å². The molecule has 2 fully saturated rings. The van der Waals surface area contributed by atoms with Gasteiger partial charge in [-0.05, 0) is 36.1 Å². The summed E-state index contributed by atoms with van der Waals surface area (Å²) in [7, 11) is -2.92. The molecule has 2 aliphatic heterocycles. The lowest BCUT2D eigenvalue weighted by atomic mass is 9.70. The summed E-state index contributed by atoms with van der Waals surface area (Å²) in [5, 5.41) is 12.8. The SMILES string of the molecule is C[C@@H]1CN(C2CCS(=O)(=O)CC2)C[C@H](C)C1(O)c1ccc(-c2ccnc3[nH]cc(F)c23)cc1Cl. The summed E-state index contributed by atoms with van der Waals surface area (Å²) >= 11 is 6.76. The fourth-order valence-corrected chi connectivity index (χ4v) is 7.68. The van der Waals surface area contributed by atoms with Gasteiger partial charge in [0.05, 0.1) is 22.5 Å². The Hall–Kier alpha value is -2.00. The first-order valence-corrected chi connectivity index (χ1v) is 13.9. The molecular weight excluding hydrogens is 477 g/mol. The highest BCUT2D eigenvalue weighted by atomic mass is 35.5. The summed E-state index contributed by atoms with van der Waals surface area (Å²) in [6.07, 6.45) is 4.20. The number of nitrogens with zero attached hydrogens (tertiary/aromatic N) is 2. The third-order valence-corrected chi connectivity index (χ3v) is 9.82. The summed E-state index contributed by atoms with van der Waals surface area (Å²) in [4.78, 5) is 9.35. The molecule has 182 valence electrons. The van der Waals surface area contributed by atoms with Gasteiger partial charge in [-0.15, -0.1) is 0 Å². The molecule has 2 aromatic heterocycles. The molecule has 1 unspecified atom stereocenters. The predicted octanol–water partition coefficient (Wildman–Crippen LogP) is 4.38. The molecule has 2 aliphatic rings. The second-order valence-electron chi connectivity index (χ2n) is 9.88. The van der Waals surface area contributed by atoms with Gasteiger partial charge in [0.1, 0.15) is 15.5 Å². The Kier molecular flexibility index (Phi) is 5.99. The zero-order valence-electron chi connectivity index (χ0n) is 19.3. The number of aromatic nitrogens is 2. The normalized spacial score (nSPS) is 28.4. The molecule has 0 amide bonds. The van der Waals surface area contributed by atoms with Crippen LogP contribution in [-0.4, -0.2) is 59.0 Å². The third kappa shape index (κ3) is 3.94. The largest absolute Gasteiger partial charge is 0.384 e. The number of hydrogen-bond donors (Lipinski definition) is 2. The fourth-order valence-electron chi connectivity index (χ4n) is 5.88. The number of benzene rings is 1. The van der Waals surface area contributed by atoms with Gasteiger partial charge in [0.25, 0.3) is 0 Å². The second-order valence-corrected chi connectivity index (χ2v) is 12.6. The summed E-state index contributed by atoms with van der Waals surface area (Å²) < 4.78 is 38.1. The molecule has 34 heavy (non-hydrogen) atoms. The number of rotatable bonds is 3. The minimum Gasteiger partial charge on any atom is -0.384 e. The van der Waals surface area contributed by atoms with Crippen molar-refractivity contribution in [1.82, 2.24) is 14.9 Å². The molecule has 5 rings (SSSR count). The number of aromatic amines is 1. The van der Waals surface area contributed by atoms with E-state index < -0.39 is 15.4 Å². The van der Waals surface area contributed by atoms with Crippen LogP contribution in [0.15, 0.2) is 36.7 Å². The van der Waals surface area contributed by atoms with Gasteiger partial charge in [-0.3, -0.25) is 4.90 Å². The van der Waals surface area contributed by atoms with Gasteiger partial charge >= 0.3 is 0 Å². The minimum atomic E-state index is -2.92. The van der Waals surface area contributed by atoms with Crippen molar-refractivity contribution in [2.45, 2.75) is 38.3 Å². The maximum atomic E-state index is 14.4. The van der Waals surface area contributed by atoms with E-state index in [1.165, 1.54) is 6.20 Å². The van der Waals surface area contributed by atoms with Crippen LogP contribution in [0.3, 0.4) is 0 Å². The highest BCUT2D eigenvalue weighted by Gasteiger charge is 2.48. The average Bonchev–Trinajstić information content (AvgIpc) is 3.18. The van der Waals surface area contributed by atoms with Crippen LogP contribution in [0.25, 0.3) is 22.2 Å². The van der Waals surface area contributed by atoms with E-state index in [-0.39, 0.29) is 35.2 Å². The fraction of sp³-hybridized carbons (Fsp3) is 0.480. The number of pyridine rings is 1. The Morgan fingerprint density at radius 3 is 2.50 bits per heavy atom. The Bertz CT molecular complexity index is 1320. The highest BCUT2D eigenvalue weighted by Crippen LogP contribution is 2.46. The first kappa shape index (κ1) is 23.7. The standard InChI is InChI=1S/C25H29ClFN3O3S/c1-15-13-30(18-6-9-34(32,33)10-7-18)14-16(2)25(15,31)20-4-3-17(11-21(20)26)19-5-8-28-24-23(19)22(27)12-29-24/h3-5,8,11-12,15-16,18,31H,6-7,9-10,13-14H2,1-2H3,(H,28,29)/t15-,16+,25?. The summed E-state index contributed by atoms with van der Waals surface area (Å²) in [5.41, 5.74) is 1.46. The van der Waals surface area contributed by atoms with Gasteiger partial charge < -0.3 is 10.1 Å². The van der Waals surface area contributed by atoms with Crippen LogP contribution in [-0.2, 0) is 15.4 Å². The first-order chi connectivity index (χ1) is 16.1. The maximum Gasteiger partial charge on any atom is 0.150 e. The number of halogens is 2. The molecule has 2 N–H and O–H groups in total. The maximum absolute atomic E-state index is 14.4. The lowest BCUT2D eigenvalue weighted by molar-refractivity contribution is -0.120. The smallest absolute Gasteiger partial charge is 0.150 e. The summed E-state index contributed by atoms with van der Waals surface area (Å²) in [6, 6.07) is 7.49. The van der Waals surface area contributed by atoms with Gasteiger partial charge in [-0.25, -0.2) is 17.8 Å². The van der Waals surface area contributed by atoms with Gasteiger partial charge in [0.15, 0.2) is 5.82 Å². The summed E-state index contributed by atoms with van der Waals surface area (Å²) in [6.45, 7) is 5.38. The number of likely N-dealkylation sites (tertiary alicyclic amines) is 1. The van der Waals surface area contributed by atoms with Gasteiger partial charge in [0, 0.05) is 53.9 Å². The van der Waals surface area contributed by atoms with Crippen molar-refractivity contribution in [2.75, 3.05) is 24.6 Å². The Morgan fingerprint density at radius 1 is 1.18 bits per heavy atom. The lowest BCUT2D eigenvalue weighted by Gasteiger charge is -2.51. The van der Waals surface area contributed by atoms with E-state index in [1.54, 1.807) is 18.3 Å². The number of H-pyrrole nitrogens is 1. The van der Waals surface area contributed by atoms with Crippen molar-refractivity contribution in [1.29, 1.82) is 0 Å². The topological polar surface area (TPSA) is 86.3 Å². The van der Waals surface area contributed by atoms with E-state index in [9.17, 15) is 17.9 Å². The van der Waals surface area contributed by atoms with Crippen molar-refractivity contribution in [2.24, 2.45) is 11.8 Å².